The highest BCUT2D eigenvalue weighted by atomic mass is 79.9. The second kappa shape index (κ2) is 6.28. The molecule has 0 bridgehead atoms. The predicted molar refractivity (Wildman–Crippen MR) is 76.9 cm³/mol. The van der Waals surface area contributed by atoms with E-state index in [0.29, 0.717) is 0 Å². The molecule has 0 aromatic heterocycles. The Bertz CT molecular complexity index is 464. The van der Waals surface area contributed by atoms with Crippen LogP contribution in [0.15, 0.2) is 18.2 Å². The number of benzene rings is 1. The molecule has 2 N–H and O–H groups in total. The maximum Gasteiger partial charge on any atom is 0.257 e. The van der Waals surface area contributed by atoms with Crippen molar-refractivity contribution in [3.63, 3.8) is 0 Å². The van der Waals surface area contributed by atoms with Crippen molar-refractivity contribution in [3.05, 3.63) is 23.8 Å². The molecule has 1 aliphatic rings. The van der Waals surface area contributed by atoms with Crippen molar-refractivity contribution in [1.82, 2.24) is 4.90 Å². The molecule has 1 atom stereocenters. The van der Waals surface area contributed by atoms with Gasteiger partial charge in [-0.25, -0.2) is 0 Å². The number of aromatic hydroxyl groups is 2. The topological polar surface area (TPSA) is 60.8 Å². The van der Waals surface area contributed by atoms with Crippen LogP contribution in [0.2, 0.25) is 0 Å². The Labute approximate surface area is 121 Å². The van der Waals surface area contributed by atoms with Crippen molar-refractivity contribution in [3.8, 4) is 11.5 Å². The number of rotatable bonds is 4. The SMILES string of the molecule is O=C(c1ccc(O)cc1O)N1CCCC1CCCBr. The molecule has 104 valence electrons. The van der Waals surface area contributed by atoms with Gasteiger partial charge in [-0.05, 0) is 37.8 Å². The summed E-state index contributed by atoms with van der Waals surface area (Å²) < 4.78 is 0. The lowest BCUT2D eigenvalue weighted by atomic mass is 10.1. The van der Waals surface area contributed by atoms with Gasteiger partial charge in [0.05, 0.1) is 5.56 Å². The summed E-state index contributed by atoms with van der Waals surface area (Å²) in [6.45, 7) is 0.742. The van der Waals surface area contributed by atoms with Crippen LogP contribution in [0.3, 0.4) is 0 Å². The van der Waals surface area contributed by atoms with Crippen molar-refractivity contribution in [2.75, 3.05) is 11.9 Å². The third kappa shape index (κ3) is 3.21. The number of carbonyl (C=O) groups excluding carboxylic acids is 1. The number of hydrogen-bond acceptors (Lipinski definition) is 3. The number of halogens is 1. The molecule has 1 unspecified atom stereocenters. The van der Waals surface area contributed by atoms with E-state index in [1.54, 1.807) is 0 Å². The molecule has 1 amide bonds. The van der Waals surface area contributed by atoms with Crippen molar-refractivity contribution in [2.45, 2.75) is 31.7 Å². The molecule has 2 rings (SSSR count). The molecule has 0 aliphatic carbocycles. The number of amides is 1. The van der Waals surface area contributed by atoms with E-state index in [4.69, 9.17) is 0 Å². The van der Waals surface area contributed by atoms with Crippen LogP contribution in [-0.2, 0) is 0 Å². The summed E-state index contributed by atoms with van der Waals surface area (Å²) in [5.74, 6) is -0.336. The Morgan fingerprint density at radius 1 is 1.42 bits per heavy atom. The van der Waals surface area contributed by atoms with E-state index < -0.39 is 0 Å². The second-order valence-corrected chi connectivity index (χ2v) is 5.62. The first-order chi connectivity index (χ1) is 9.13. The average Bonchev–Trinajstić information content (AvgIpc) is 2.83. The van der Waals surface area contributed by atoms with Crippen molar-refractivity contribution < 1.29 is 15.0 Å². The first-order valence-electron chi connectivity index (χ1n) is 6.52. The highest BCUT2D eigenvalue weighted by molar-refractivity contribution is 9.09. The van der Waals surface area contributed by atoms with E-state index in [1.165, 1.54) is 18.2 Å². The molecule has 1 heterocycles. The number of carbonyl (C=O) groups is 1. The average molecular weight is 328 g/mol. The molecule has 5 heteroatoms. The fourth-order valence-corrected chi connectivity index (χ4v) is 2.90. The number of phenols is 2. The van der Waals surface area contributed by atoms with E-state index in [2.05, 4.69) is 15.9 Å². The van der Waals surface area contributed by atoms with E-state index in [-0.39, 0.29) is 29.0 Å². The first kappa shape index (κ1) is 14.2. The quantitative estimate of drug-likeness (QED) is 0.836. The number of nitrogens with zero attached hydrogens (tertiary/aromatic N) is 1. The van der Waals surface area contributed by atoms with E-state index >= 15 is 0 Å². The van der Waals surface area contributed by atoms with Crippen LogP contribution in [0.4, 0.5) is 0 Å². The van der Waals surface area contributed by atoms with Crippen molar-refractivity contribution in [2.24, 2.45) is 0 Å². The molecular formula is C14H18BrNO3. The molecule has 0 saturated carbocycles. The highest BCUT2D eigenvalue weighted by Crippen LogP contribution is 2.28. The zero-order chi connectivity index (χ0) is 13.8. The normalized spacial score (nSPS) is 18.8. The largest absolute Gasteiger partial charge is 0.508 e. The Hall–Kier alpha value is -1.23. The summed E-state index contributed by atoms with van der Waals surface area (Å²) in [7, 11) is 0. The molecule has 4 nitrogen and oxygen atoms in total. The monoisotopic (exact) mass is 327 g/mol. The molecule has 0 radical (unpaired) electrons. The summed E-state index contributed by atoms with van der Waals surface area (Å²) in [6, 6.07) is 4.37. The molecule has 1 aliphatic heterocycles. The Balaban J connectivity index is 2.13. The molecular weight excluding hydrogens is 310 g/mol. The minimum Gasteiger partial charge on any atom is -0.508 e. The van der Waals surface area contributed by atoms with Gasteiger partial charge in [0.15, 0.2) is 0 Å². The van der Waals surface area contributed by atoms with Crippen LogP contribution in [-0.4, -0.2) is 38.9 Å². The minimum absolute atomic E-state index is 0.0358. The first-order valence-corrected chi connectivity index (χ1v) is 7.64. The third-order valence-electron chi connectivity index (χ3n) is 3.52. The predicted octanol–water partition coefficient (Wildman–Crippen LogP) is 2.88. The van der Waals surface area contributed by atoms with Gasteiger partial charge in [-0.15, -0.1) is 0 Å². The van der Waals surface area contributed by atoms with Crippen LogP contribution >= 0.6 is 15.9 Å². The fourth-order valence-electron chi connectivity index (χ4n) is 2.57. The Morgan fingerprint density at radius 2 is 2.21 bits per heavy atom. The van der Waals surface area contributed by atoms with E-state index in [0.717, 1.165) is 37.6 Å². The van der Waals surface area contributed by atoms with Gasteiger partial charge in [-0.2, -0.15) is 0 Å². The highest BCUT2D eigenvalue weighted by Gasteiger charge is 2.30. The number of phenolic OH excluding ortho intramolecular Hbond substituents is 2. The van der Waals surface area contributed by atoms with Crippen LogP contribution < -0.4 is 0 Å². The molecule has 1 aromatic carbocycles. The van der Waals surface area contributed by atoms with Gasteiger partial charge in [0.25, 0.3) is 5.91 Å². The molecule has 19 heavy (non-hydrogen) atoms. The maximum atomic E-state index is 12.4. The smallest absolute Gasteiger partial charge is 0.257 e. The van der Waals surface area contributed by atoms with E-state index in [1.807, 2.05) is 4.90 Å². The van der Waals surface area contributed by atoms with Crippen LogP contribution in [0, 0.1) is 0 Å². The number of hydrogen-bond donors (Lipinski definition) is 2. The van der Waals surface area contributed by atoms with Gasteiger partial charge in [0.1, 0.15) is 11.5 Å². The number of likely N-dealkylation sites (tertiary alicyclic amines) is 1. The van der Waals surface area contributed by atoms with Gasteiger partial charge in [-0.3, -0.25) is 4.79 Å². The molecule has 0 spiro atoms. The van der Waals surface area contributed by atoms with Gasteiger partial charge < -0.3 is 15.1 Å². The maximum absolute atomic E-state index is 12.4. The van der Waals surface area contributed by atoms with Crippen LogP contribution in [0.1, 0.15) is 36.0 Å². The zero-order valence-corrected chi connectivity index (χ0v) is 12.3. The van der Waals surface area contributed by atoms with Crippen LogP contribution in [0.5, 0.6) is 11.5 Å². The van der Waals surface area contributed by atoms with Crippen molar-refractivity contribution in [1.29, 1.82) is 0 Å². The zero-order valence-electron chi connectivity index (χ0n) is 10.7. The number of alkyl halides is 1. The van der Waals surface area contributed by atoms with Crippen LogP contribution in [0.25, 0.3) is 0 Å². The second-order valence-electron chi connectivity index (χ2n) is 4.83. The molecule has 1 saturated heterocycles. The lowest BCUT2D eigenvalue weighted by Gasteiger charge is -2.25. The van der Waals surface area contributed by atoms with Gasteiger partial charge in [0, 0.05) is 24.0 Å². The minimum atomic E-state index is -0.156. The lowest BCUT2D eigenvalue weighted by molar-refractivity contribution is 0.0727. The summed E-state index contributed by atoms with van der Waals surface area (Å²) in [5, 5.41) is 20.0. The Kier molecular flexibility index (Phi) is 4.69. The Morgan fingerprint density at radius 3 is 2.89 bits per heavy atom. The summed E-state index contributed by atoms with van der Waals surface area (Å²) >= 11 is 3.41. The molecule has 1 aromatic rings. The molecule has 1 fully saturated rings. The van der Waals surface area contributed by atoms with Gasteiger partial charge in [-0.1, -0.05) is 15.9 Å². The van der Waals surface area contributed by atoms with Gasteiger partial charge >= 0.3 is 0 Å². The summed E-state index contributed by atoms with van der Waals surface area (Å²) in [4.78, 5) is 14.3. The van der Waals surface area contributed by atoms with Crippen molar-refractivity contribution >= 4 is 21.8 Å². The lowest BCUT2D eigenvalue weighted by Crippen LogP contribution is -2.35. The third-order valence-corrected chi connectivity index (χ3v) is 4.08. The van der Waals surface area contributed by atoms with Gasteiger partial charge in [0.2, 0.25) is 0 Å². The van der Waals surface area contributed by atoms with E-state index in [9.17, 15) is 15.0 Å². The standard InChI is InChI=1S/C14H18BrNO3/c15-7-1-3-10-4-2-8-16(10)14(19)12-6-5-11(17)9-13(12)18/h5-6,9-10,17-18H,1-4,7-8H2. The summed E-state index contributed by atoms with van der Waals surface area (Å²) in [6.07, 6.45) is 4.06. The fraction of sp³-hybridized carbons (Fsp3) is 0.500. The summed E-state index contributed by atoms with van der Waals surface area (Å²) in [5.41, 5.74) is 0.267.